The fourth-order valence-electron chi connectivity index (χ4n) is 2.23. The number of carbonyl (C=O) groups excluding carboxylic acids is 1. The number of hydrogen-bond donors (Lipinski definition) is 1. The van der Waals surface area contributed by atoms with Crippen LogP contribution in [0.1, 0.15) is 19.3 Å². The van der Waals surface area contributed by atoms with Gasteiger partial charge in [-0.2, -0.15) is 4.99 Å². The first-order chi connectivity index (χ1) is 6.70. The summed E-state index contributed by atoms with van der Waals surface area (Å²) in [6.07, 6.45) is 7.52. The molecule has 4 heteroatoms. The number of rotatable bonds is 1. The lowest BCUT2D eigenvalue weighted by Crippen LogP contribution is -2.43. The number of urea groups is 1. The van der Waals surface area contributed by atoms with Gasteiger partial charge in [0, 0.05) is 7.05 Å². The third-order valence-corrected chi connectivity index (χ3v) is 3.00. The molecule has 0 aromatic heterocycles. The molecule has 2 N–H and O–H groups in total. The van der Waals surface area contributed by atoms with Gasteiger partial charge in [-0.25, -0.2) is 4.79 Å². The number of nitrogens with two attached hydrogens (primary N) is 1. The van der Waals surface area contributed by atoms with Gasteiger partial charge in [0.15, 0.2) is 0 Å². The quantitative estimate of drug-likeness (QED) is 0.635. The Morgan fingerprint density at radius 1 is 1.57 bits per heavy atom. The Morgan fingerprint density at radius 3 is 2.86 bits per heavy atom. The van der Waals surface area contributed by atoms with Crippen molar-refractivity contribution in [2.24, 2.45) is 16.6 Å². The van der Waals surface area contributed by atoms with E-state index in [4.69, 9.17) is 5.73 Å². The molecule has 1 aliphatic heterocycles. The van der Waals surface area contributed by atoms with Crippen LogP contribution in [0.2, 0.25) is 0 Å². The molecular formula is C10H15N3O. The summed E-state index contributed by atoms with van der Waals surface area (Å²) in [7, 11) is 1.77. The molecule has 2 unspecified atom stereocenters. The van der Waals surface area contributed by atoms with Gasteiger partial charge in [0.1, 0.15) is 5.84 Å². The normalized spacial score (nSPS) is 32.2. The van der Waals surface area contributed by atoms with Gasteiger partial charge >= 0.3 is 6.03 Å². The molecule has 14 heavy (non-hydrogen) atoms. The Morgan fingerprint density at radius 2 is 2.36 bits per heavy atom. The molecule has 0 aromatic carbocycles. The number of aliphatic imine (C=N–C) groups is 1. The van der Waals surface area contributed by atoms with E-state index in [1.54, 1.807) is 11.9 Å². The Balaban J connectivity index is 2.14. The van der Waals surface area contributed by atoms with Crippen molar-refractivity contribution in [3.63, 3.8) is 0 Å². The molecule has 0 bridgehead atoms. The van der Waals surface area contributed by atoms with E-state index in [0.29, 0.717) is 11.8 Å². The molecule has 4 nitrogen and oxygen atoms in total. The number of hydrogen-bond acceptors (Lipinski definition) is 2. The van der Waals surface area contributed by atoms with Crippen LogP contribution < -0.4 is 5.73 Å². The summed E-state index contributed by atoms with van der Waals surface area (Å²) in [4.78, 5) is 16.7. The van der Waals surface area contributed by atoms with Gasteiger partial charge in [-0.15, -0.1) is 0 Å². The molecule has 0 saturated carbocycles. The van der Waals surface area contributed by atoms with Crippen LogP contribution in [0.3, 0.4) is 0 Å². The molecule has 2 aliphatic rings. The van der Waals surface area contributed by atoms with E-state index >= 15 is 0 Å². The fourth-order valence-corrected chi connectivity index (χ4v) is 2.23. The highest BCUT2D eigenvalue weighted by molar-refractivity contribution is 6.02. The predicted octanol–water partition coefficient (Wildman–Crippen LogP) is 1.13. The highest BCUT2D eigenvalue weighted by Crippen LogP contribution is 2.27. The topological polar surface area (TPSA) is 58.7 Å². The van der Waals surface area contributed by atoms with Gasteiger partial charge in [0.2, 0.25) is 0 Å². The van der Waals surface area contributed by atoms with E-state index in [-0.39, 0.29) is 12.1 Å². The second-order valence-electron chi connectivity index (χ2n) is 3.92. The van der Waals surface area contributed by atoms with Crippen molar-refractivity contribution in [2.45, 2.75) is 25.3 Å². The van der Waals surface area contributed by atoms with Gasteiger partial charge in [-0.1, -0.05) is 12.2 Å². The van der Waals surface area contributed by atoms with Crippen molar-refractivity contribution >= 4 is 11.9 Å². The van der Waals surface area contributed by atoms with Gasteiger partial charge in [0.05, 0.1) is 6.04 Å². The summed E-state index contributed by atoms with van der Waals surface area (Å²) in [5.41, 5.74) is 5.75. The average Bonchev–Trinajstić information content (AvgIpc) is 2.43. The van der Waals surface area contributed by atoms with Crippen molar-refractivity contribution in [1.82, 2.24) is 4.90 Å². The summed E-state index contributed by atoms with van der Waals surface area (Å²) >= 11 is 0. The molecule has 76 valence electrons. The summed E-state index contributed by atoms with van der Waals surface area (Å²) < 4.78 is 0. The first kappa shape index (κ1) is 9.24. The van der Waals surface area contributed by atoms with Crippen molar-refractivity contribution in [3.8, 4) is 0 Å². The minimum atomic E-state index is -0.206. The van der Waals surface area contributed by atoms with Crippen molar-refractivity contribution in [2.75, 3.05) is 7.05 Å². The van der Waals surface area contributed by atoms with E-state index in [9.17, 15) is 4.79 Å². The lowest BCUT2D eigenvalue weighted by molar-refractivity contribution is 0.202. The molecule has 1 aliphatic carbocycles. The Kier molecular flexibility index (Phi) is 2.27. The van der Waals surface area contributed by atoms with Crippen molar-refractivity contribution in [1.29, 1.82) is 0 Å². The number of nitrogens with zero attached hydrogens (tertiary/aromatic N) is 2. The average molecular weight is 193 g/mol. The number of carbonyl (C=O) groups is 1. The van der Waals surface area contributed by atoms with Crippen LogP contribution >= 0.6 is 0 Å². The number of amidine groups is 1. The number of likely N-dealkylation sites (N-methyl/N-ethyl adjacent to an activating group) is 1. The summed E-state index contributed by atoms with van der Waals surface area (Å²) in [5, 5.41) is 0. The molecule has 2 amide bonds. The Labute approximate surface area is 83.5 Å². The summed E-state index contributed by atoms with van der Waals surface area (Å²) in [6, 6.07) is -0.186. The third-order valence-electron chi connectivity index (χ3n) is 3.00. The molecule has 0 radical (unpaired) electrons. The summed E-state index contributed by atoms with van der Waals surface area (Å²) in [5.74, 6) is 0.929. The molecule has 0 spiro atoms. The molecule has 2 rings (SSSR count). The Bertz CT molecular complexity index is 308. The zero-order chi connectivity index (χ0) is 10.1. The van der Waals surface area contributed by atoms with Gasteiger partial charge in [-0.3, -0.25) is 0 Å². The minimum Gasteiger partial charge on any atom is -0.385 e. The standard InChI is InChI=1S/C10H15N3O/c1-13-8(9(11)12-10(13)14)7-5-3-2-4-6-7/h2-3,7-8H,4-6H2,1H3,(H2,11,12,14). The summed E-state index contributed by atoms with van der Waals surface area (Å²) in [6.45, 7) is 0. The molecule has 0 saturated heterocycles. The monoisotopic (exact) mass is 193 g/mol. The van der Waals surface area contributed by atoms with Crippen LogP contribution in [0.25, 0.3) is 0 Å². The van der Waals surface area contributed by atoms with E-state index in [1.807, 2.05) is 0 Å². The van der Waals surface area contributed by atoms with E-state index in [2.05, 4.69) is 17.1 Å². The van der Waals surface area contributed by atoms with Crippen LogP contribution in [-0.2, 0) is 0 Å². The first-order valence-electron chi connectivity index (χ1n) is 4.96. The second-order valence-corrected chi connectivity index (χ2v) is 3.92. The van der Waals surface area contributed by atoms with Crippen molar-refractivity contribution < 1.29 is 4.79 Å². The first-order valence-corrected chi connectivity index (χ1v) is 4.96. The van der Waals surface area contributed by atoms with E-state index < -0.39 is 0 Å². The minimum absolute atomic E-state index is 0.0208. The molecule has 0 aromatic rings. The number of allylic oxidation sites excluding steroid dienone is 2. The SMILES string of the molecule is CN1C(=O)N=C(N)C1C1CC=CCC1. The van der Waals surface area contributed by atoms with Crippen molar-refractivity contribution in [3.05, 3.63) is 12.2 Å². The molecular weight excluding hydrogens is 178 g/mol. The maximum atomic E-state index is 11.3. The lowest BCUT2D eigenvalue weighted by atomic mass is 9.87. The van der Waals surface area contributed by atoms with Gasteiger partial charge < -0.3 is 10.6 Å². The largest absolute Gasteiger partial charge is 0.385 e. The number of amides is 2. The highest BCUT2D eigenvalue weighted by Gasteiger charge is 2.36. The molecule has 1 heterocycles. The molecule has 2 atom stereocenters. The zero-order valence-electron chi connectivity index (χ0n) is 8.31. The van der Waals surface area contributed by atoms with Crippen LogP contribution in [0.4, 0.5) is 4.79 Å². The van der Waals surface area contributed by atoms with Gasteiger partial charge in [0.25, 0.3) is 0 Å². The van der Waals surface area contributed by atoms with Crippen LogP contribution in [0, 0.1) is 5.92 Å². The third kappa shape index (κ3) is 1.41. The zero-order valence-corrected chi connectivity index (χ0v) is 8.31. The van der Waals surface area contributed by atoms with Crippen LogP contribution in [0.5, 0.6) is 0 Å². The maximum Gasteiger partial charge on any atom is 0.345 e. The fraction of sp³-hybridized carbons (Fsp3) is 0.600. The second kappa shape index (κ2) is 3.44. The molecule has 0 fully saturated rings. The van der Waals surface area contributed by atoms with E-state index in [1.165, 1.54) is 0 Å². The van der Waals surface area contributed by atoms with E-state index in [0.717, 1.165) is 19.3 Å². The van der Waals surface area contributed by atoms with Crippen LogP contribution in [0.15, 0.2) is 17.1 Å². The smallest absolute Gasteiger partial charge is 0.345 e. The van der Waals surface area contributed by atoms with Gasteiger partial charge in [-0.05, 0) is 25.2 Å². The maximum absolute atomic E-state index is 11.3. The Hall–Kier alpha value is -1.32. The van der Waals surface area contributed by atoms with Crippen LogP contribution in [-0.4, -0.2) is 29.9 Å². The predicted molar refractivity (Wildman–Crippen MR) is 55.1 cm³/mol. The highest BCUT2D eigenvalue weighted by atomic mass is 16.2. The lowest BCUT2D eigenvalue weighted by Gasteiger charge is -2.29.